The van der Waals surface area contributed by atoms with Gasteiger partial charge >= 0.3 is 0 Å². The second kappa shape index (κ2) is 6.33. The fourth-order valence-electron chi connectivity index (χ4n) is 3.12. The van der Waals surface area contributed by atoms with Crippen molar-refractivity contribution in [2.24, 2.45) is 0 Å². The Morgan fingerprint density at radius 1 is 1.17 bits per heavy atom. The fourth-order valence-corrected chi connectivity index (χ4v) is 4.37. The molecule has 1 amide bonds. The third kappa shape index (κ3) is 3.26. The van der Waals surface area contributed by atoms with E-state index < -0.39 is 9.84 Å². The van der Waals surface area contributed by atoms with E-state index in [4.69, 9.17) is 0 Å². The molecule has 0 unspecified atom stereocenters. The zero-order valence-corrected chi connectivity index (χ0v) is 15.9. The molecule has 6 heteroatoms. The van der Waals surface area contributed by atoms with Gasteiger partial charge in [0.05, 0.1) is 10.6 Å². The maximum absolute atomic E-state index is 12.9. The molecular weight excluding hydrogens is 390 g/mol. The molecule has 1 aliphatic rings. The van der Waals surface area contributed by atoms with E-state index in [0.29, 0.717) is 12.1 Å². The zero-order valence-electron chi connectivity index (χ0n) is 13.5. The van der Waals surface area contributed by atoms with Crippen molar-refractivity contribution in [3.8, 4) is 0 Å². The normalized spacial score (nSPS) is 14.4. The lowest BCUT2D eigenvalue weighted by atomic mass is 9.97. The Morgan fingerprint density at radius 3 is 2.46 bits per heavy atom. The Kier molecular flexibility index (Phi) is 4.53. The monoisotopic (exact) mass is 407 g/mol. The largest absolute Gasteiger partial charge is 0.308 e. The Morgan fingerprint density at radius 2 is 1.83 bits per heavy atom. The summed E-state index contributed by atoms with van der Waals surface area (Å²) < 4.78 is 24.1. The molecule has 0 aromatic heterocycles. The molecule has 126 valence electrons. The van der Waals surface area contributed by atoms with Crippen LogP contribution in [0.5, 0.6) is 0 Å². The fraction of sp³-hybridized carbons (Fsp3) is 0.278. The van der Waals surface area contributed by atoms with Crippen LogP contribution in [-0.4, -0.2) is 27.1 Å². The molecule has 3 rings (SSSR count). The van der Waals surface area contributed by atoms with Crippen LogP contribution in [0, 0.1) is 6.92 Å². The van der Waals surface area contributed by atoms with Crippen LogP contribution in [0.2, 0.25) is 0 Å². The molecule has 0 N–H and O–H groups in total. The first-order chi connectivity index (χ1) is 11.3. The van der Waals surface area contributed by atoms with Crippen LogP contribution in [0.15, 0.2) is 45.8 Å². The van der Waals surface area contributed by atoms with Crippen LogP contribution in [0.3, 0.4) is 0 Å². The number of anilines is 1. The molecule has 0 atom stereocenters. The van der Waals surface area contributed by atoms with Gasteiger partial charge in [0.2, 0.25) is 0 Å². The van der Waals surface area contributed by atoms with Crippen LogP contribution >= 0.6 is 15.9 Å². The number of fused-ring (bicyclic) bond motifs is 1. The third-order valence-corrected chi connectivity index (χ3v) is 5.80. The van der Waals surface area contributed by atoms with E-state index in [0.717, 1.165) is 40.4 Å². The maximum Gasteiger partial charge on any atom is 0.258 e. The van der Waals surface area contributed by atoms with Gasteiger partial charge in [-0.3, -0.25) is 4.79 Å². The highest BCUT2D eigenvalue weighted by molar-refractivity contribution is 9.10. The number of carbonyl (C=O) groups excluding carboxylic acids is 1. The number of hydrogen-bond acceptors (Lipinski definition) is 3. The molecular formula is C18H18BrNO3S. The SMILES string of the molecule is Cc1cc(Br)cc2c1N(C(=O)c1ccc(S(C)(=O)=O)cc1)CCC2. The number of carbonyl (C=O) groups is 1. The lowest BCUT2D eigenvalue weighted by Gasteiger charge is -2.31. The number of hydrogen-bond donors (Lipinski definition) is 0. The summed E-state index contributed by atoms with van der Waals surface area (Å²) in [4.78, 5) is 14.9. The molecule has 1 aliphatic heterocycles. The van der Waals surface area contributed by atoms with Gasteiger partial charge in [-0.25, -0.2) is 8.42 Å². The average Bonchev–Trinajstić information content (AvgIpc) is 2.52. The summed E-state index contributed by atoms with van der Waals surface area (Å²) in [5.74, 6) is -0.0959. The molecule has 0 fully saturated rings. The van der Waals surface area contributed by atoms with Crippen molar-refractivity contribution in [1.29, 1.82) is 0 Å². The quantitative estimate of drug-likeness (QED) is 0.761. The van der Waals surface area contributed by atoms with Crippen LogP contribution in [0.1, 0.15) is 27.9 Å². The number of benzene rings is 2. The Hall–Kier alpha value is -1.66. The molecule has 0 aliphatic carbocycles. The van der Waals surface area contributed by atoms with E-state index in [9.17, 15) is 13.2 Å². The zero-order chi connectivity index (χ0) is 17.5. The standard InChI is InChI=1S/C18H18BrNO3S/c1-12-10-15(19)11-14-4-3-9-20(17(12)14)18(21)13-5-7-16(8-6-13)24(2,22)23/h5-8,10-11H,3-4,9H2,1-2H3. The Balaban J connectivity index is 1.98. The summed E-state index contributed by atoms with van der Waals surface area (Å²) in [7, 11) is -3.26. The van der Waals surface area contributed by atoms with Crippen LogP contribution < -0.4 is 4.90 Å². The molecule has 0 radical (unpaired) electrons. The lowest BCUT2D eigenvalue weighted by Crippen LogP contribution is -2.36. The minimum Gasteiger partial charge on any atom is -0.308 e. The highest BCUT2D eigenvalue weighted by atomic mass is 79.9. The second-order valence-corrected chi connectivity index (χ2v) is 9.02. The van der Waals surface area contributed by atoms with E-state index in [-0.39, 0.29) is 10.8 Å². The predicted octanol–water partition coefficient (Wildman–Crippen LogP) is 3.75. The topological polar surface area (TPSA) is 54.5 Å². The molecule has 2 aromatic rings. The van der Waals surface area contributed by atoms with E-state index in [1.807, 2.05) is 13.0 Å². The first-order valence-corrected chi connectivity index (χ1v) is 10.4. The molecule has 0 saturated carbocycles. The highest BCUT2D eigenvalue weighted by Crippen LogP contribution is 2.34. The van der Waals surface area contributed by atoms with E-state index in [1.54, 1.807) is 17.0 Å². The summed E-state index contributed by atoms with van der Waals surface area (Å²) in [6.45, 7) is 2.67. The number of amides is 1. The molecule has 0 bridgehead atoms. The number of aryl methyl sites for hydroxylation is 2. The smallest absolute Gasteiger partial charge is 0.258 e. The summed E-state index contributed by atoms with van der Waals surface area (Å²) in [5.41, 5.74) is 3.69. The predicted molar refractivity (Wildman–Crippen MR) is 98.4 cm³/mol. The summed E-state index contributed by atoms with van der Waals surface area (Å²) >= 11 is 3.51. The van der Waals surface area contributed by atoms with E-state index in [1.165, 1.54) is 12.1 Å². The van der Waals surface area contributed by atoms with Gasteiger partial charge in [0.25, 0.3) is 5.91 Å². The minimum absolute atomic E-state index is 0.0959. The van der Waals surface area contributed by atoms with Gasteiger partial charge in [-0.15, -0.1) is 0 Å². The van der Waals surface area contributed by atoms with Crippen molar-refractivity contribution in [3.63, 3.8) is 0 Å². The van der Waals surface area contributed by atoms with Gasteiger partial charge in [-0.05, 0) is 67.3 Å². The van der Waals surface area contributed by atoms with Crippen molar-refractivity contribution in [1.82, 2.24) is 0 Å². The first kappa shape index (κ1) is 17.2. The van der Waals surface area contributed by atoms with Gasteiger partial charge in [0, 0.05) is 22.8 Å². The summed E-state index contributed by atoms with van der Waals surface area (Å²) in [6, 6.07) is 10.2. The van der Waals surface area contributed by atoms with Crippen molar-refractivity contribution in [2.75, 3.05) is 17.7 Å². The summed E-state index contributed by atoms with van der Waals surface area (Å²) in [5, 5.41) is 0. The Bertz CT molecular complexity index is 905. The van der Waals surface area contributed by atoms with Crippen LogP contribution in [-0.2, 0) is 16.3 Å². The molecule has 0 spiro atoms. The molecule has 24 heavy (non-hydrogen) atoms. The van der Waals surface area contributed by atoms with Crippen LogP contribution in [0.4, 0.5) is 5.69 Å². The number of rotatable bonds is 2. The number of sulfone groups is 1. The molecule has 0 saturated heterocycles. The number of halogens is 1. The minimum atomic E-state index is -3.26. The summed E-state index contributed by atoms with van der Waals surface area (Å²) in [6.07, 6.45) is 3.02. The highest BCUT2D eigenvalue weighted by Gasteiger charge is 2.25. The van der Waals surface area contributed by atoms with Gasteiger partial charge in [0.15, 0.2) is 9.84 Å². The van der Waals surface area contributed by atoms with E-state index >= 15 is 0 Å². The van der Waals surface area contributed by atoms with Gasteiger partial charge in [-0.1, -0.05) is 15.9 Å². The Labute approximate surface area is 150 Å². The molecule has 4 nitrogen and oxygen atoms in total. The van der Waals surface area contributed by atoms with Crippen molar-refractivity contribution >= 4 is 37.4 Å². The van der Waals surface area contributed by atoms with Gasteiger partial charge in [-0.2, -0.15) is 0 Å². The maximum atomic E-state index is 12.9. The number of nitrogens with zero attached hydrogens (tertiary/aromatic N) is 1. The first-order valence-electron chi connectivity index (χ1n) is 7.68. The second-order valence-electron chi connectivity index (χ2n) is 6.09. The van der Waals surface area contributed by atoms with E-state index in [2.05, 4.69) is 22.0 Å². The third-order valence-electron chi connectivity index (χ3n) is 4.22. The van der Waals surface area contributed by atoms with Crippen LogP contribution in [0.25, 0.3) is 0 Å². The van der Waals surface area contributed by atoms with Gasteiger partial charge in [0.1, 0.15) is 0 Å². The van der Waals surface area contributed by atoms with Crippen molar-refractivity contribution < 1.29 is 13.2 Å². The van der Waals surface area contributed by atoms with Gasteiger partial charge < -0.3 is 4.90 Å². The molecule has 1 heterocycles. The van der Waals surface area contributed by atoms with Crippen molar-refractivity contribution in [3.05, 3.63) is 57.6 Å². The van der Waals surface area contributed by atoms with Crippen molar-refractivity contribution in [2.45, 2.75) is 24.7 Å². The lowest BCUT2D eigenvalue weighted by molar-refractivity contribution is 0.0985. The molecule has 2 aromatic carbocycles. The average molecular weight is 408 g/mol.